The van der Waals surface area contributed by atoms with Crippen LogP contribution in [-0.4, -0.2) is 22.8 Å². The number of nitrogens with one attached hydrogen (secondary N) is 2. The second-order valence-corrected chi connectivity index (χ2v) is 3.44. The van der Waals surface area contributed by atoms with Crippen LogP contribution >= 0.6 is 0 Å². The van der Waals surface area contributed by atoms with Gasteiger partial charge in [-0.25, -0.2) is 0 Å². The molecule has 1 aliphatic heterocycles. The van der Waals surface area contributed by atoms with E-state index < -0.39 is 0 Å². The summed E-state index contributed by atoms with van der Waals surface area (Å²) in [5.41, 5.74) is 1.18. The van der Waals surface area contributed by atoms with Gasteiger partial charge >= 0.3 is 0 Å². The van der Waals surface area contributed by atoms with E-state index in [-0.39, 0.29) is 0 Å². The van der Waals surface area contributed by atoms with Gasteiger partial charge in [0.05, 0.1) is 12.5 Å². The van der Waals surface area contributed by atoms with Gasteiger partial charge in [-0.1, -0.05) is 0 Å². The lowest BCUT2D eigenvalue weighted by Gasteiger charge is -2.19. The minimum Gasteiger partial charge on any atom is -0.497 e. The van der Waals surface area contributed by atoms with Crippen LogP contribution in [0.1, 0.15) is 18.4 Å². The Bertz CT molecular complexity index is 282. The fraction of sp³-hybridized carbons (Fsp3) is 0.500. The highest BCUT2D eigenvalue weighted by Crippen LogP contribution is 2.09. The van der Waals surface area contributed by atoms with Gasteiger partial charge in [-0.3, -0.25) is 5.10 Å². The van der Waals surface area contributed by atoms with Gasteiger partial charge in [-0.2, -0.15) is 5.10 Å². The Hall–Kier alpha value is -1.29. The molecule has 2 rings (SSSR count). The number of hydrogen-bond acceptors (Lipinski definition) is 3. The molecule has 0 saturated carbocycles. The first-order chi connectivity index (χ1) is 6.95. The first-order valence-electron chi connectivity index (χ1n) is 4.94. The smallest absolute Gasteiger partial charge is 0.110 e. The third kappa shape index (κ3) is 2.60. The molecule has 0 bridgehead atoms. The van der Waals surface area contributed by atoms with E-state index in [1.165, 1.54) is 5.56 Å². The third-order valence-corrected chi connectivity index (χ3v) is 2.28. The molecule has 1 aliphatic rings. The molecule has 0 saturated heterocycles. The molecule has 0 fully saturated rings. The Balaban J connectivity index is 1.65. The molecule has 0 amide bonds. The van der Waals surface area contributed by atoms with Crippen molar-refractivity contribution in [3.63, 3.8) is 0 Å². The Labute approximate surface area is 83.4 Å². The van der Waals surface area contributed by atoms with Crippen LogP contribution in [0, 0.1) is 0 Å². The van der Waals surface area contributed by atoms with E-state index in [9.17, 15) is 0 Å². The molecule has 0 aromatic carbocycles. The highest BCUT2D eigenvalue weighted by atomic mass is 16.5. The van der Waals surface area contributed by atoms with Crippen molar-refractivity contribution in [2.24, 2.45) is 0 Å². The molecule has 0 aliphatic carbocycles. The number of allylic oxidation sites excluding steroid dienone is 1. The van der Waals surface area contributed by atoms with E-state index >= 15 is 0 Å². The Kier molecular flexibility index (Phi) is 3.19. The fourth-order valence-electron chi connectivity index (χ4n) is 1.49. The molecular formula is C10H15N3O. The highest BCUT2D eigenvalue weighted by molar-refractivity contribution is 5.01. The molecule has 1 aromatic heterocycles. The average Bonchev–Trinajstić information content (AvgIpc) is 2.72. The third-order valence-electron chi connectivity index (χ3n) is 2.28. The van der Waals surface area contributed by atoms with Crippen LogP contribution in [0.3, 0.4) is 0 Å². The molecule has 0 spiro atoms. The monoisotopic (exact) mass is 193 g/mol. The summed E-state index contributed by atoms with van der Waals surface area (Å²) in [5, 5.41) is 10.0. The number of rotatable bonds is 4. The molecule has 4 heteroatoms. The van der Waals surface area contributed by atoms with E-state index in [0.717, 1.165) is 25.9 Å². The van der Waals surface area contributed by atoms with E-state index in [1.54, 1.807) is 6.26 Å². The van der Waals surface area contributed by atoms with Gasteiger partial charge < -0.3 is 10.1 Å². The summed E-state index contributed by atoms with van der Waals surface area (Å²) < 4.78 is 5.43. The molecule has 1 aromatic rings. The summed E-state index contributed by atoms with van der Waals surface area (Å²) in [4.78, 5) is 0. The summed E-state index contributed by atoms with van der Waals surface area (Å²) >= 11 is 0. The van der Waals surface area contributed by atoms with Crippen LogP contribution in [-0.2, 0) is 11.3 Å². The van der Waals surface area contributed by atoms with Gasteiger partial charge in [0.15, 0.2) is 0 Å². The lowest BCUT2D eigenvalue weighted by atomic mass is 10.1. The average molecular weight is 193 g/mol. The van der Waals surface area contributed by atoms with Gasteiger partial charge in [0.25, 0.3) is 0 Å². The molecule has 2 heterocycles. The van der Waals surface area contributed by atoms with Gasteiger partial charge in [-0.05, 0) is 18.9 Å². The SMILES string of the molecule is C1=COC(CNCc2cn[nH]c2)CC1. The second-order valence-electron chi connectivity index (χ2n) is 3.44. The fourth-order valence-corrected chi connectivity index (χ4v) is 1.49. The van der Waals surface area contributed by atoms with Crippen molar-refractivity contribution in [2.45, 2.75) is 25.5 Å². The van der Waals surface area contributed by atoms with E-state index in [4.69, 9.17) is 4.74 Å². The van der Waals surface area contributed by atoms with Crippen molar-refractivity contribution < 1.29 is 4.74 Å². The quantitative estimate of drug-likeness (QED) is 0.755. The Morgan fingerprint density at radius 1 is 1.64 bits per heavy atom. The molecule has 76 valence electrons. The van der Waals surface area contributed by atoms with E-state index in [1.807, 2.05) is 12.4 Å². The van der Waals surface area contributed by atoms with E-state index in [0.29, 0.717) is 6.10 Å². The molecule has 4 nitrogen and oxygen atoms in total. The van der Waals surface area contributed by atoms with Gasteiger partial charge in [0.1, 0.15) is 6.10 Å². The van der Waals surface area contributed by atoms with Crippen molar-refractivity contribution in [1.29, 1.82) is 0 Å². The predicted octanol–water partition coefficient (Wildman–Crippen LogP) is 1.19. The number of aromatic nitrogens is 2. The van der Waals surface area contributed by atoms with Gasteiger partial charge in [0.2, 0.25) is 0 Å². The summed E-state index contributed by atoms with van der Waals surface area (Å²) in [6.45, 7) is 1.75. The van der Waals surface area contributed by atoms with Crippen LogP contribution in [0.25, 0.3) is 0 Å². The number of nitrogens with zero attached hydrogens (tertiary/aromatic N) is 1. The molecular weight excluding hydrogens is 178 g/mol. The summed E-state index contributed by atoms with van der Waals surface area (Å²) in [6.07, 6.45) is 10.1. The zero-order valence-electron chi connectivity index (χ0n) is 8.07. The Morgan fingerprint density at radius 3 is 3.36 bits per heavy atom. The van der Waals surface area contributed by atoms with Crippen molar-refractivity contribution in [3.8, 4) is 0 Å². The summed E-state index contributed by atoms with van der Waals surface area (Å²) in [7, 11) is 0. The first-order valence-corrected chi connectivity index (χ1v) is 4.94. The zero-order valence-corrected chi connectivity index (χ0v) is 8.07. The summed E-state index contributed by atoms with van der Waals surface area (Å²) in [6, 6.07) is 0. The topological polar surface area (TPSA) is 49.9 Å². The number of H-pyrrole nitrogens is 1. The van der Waals surface area contributed by atoms with Crippen LogP contribution < -0.4 is 5.32 Å². The van der Waals surface area contributed by atoms with Crippen molar-refractivity contribution in [1.82, 2.24) is 15.5 Å². The number of hydrogen-bond donors (Lipinski definition) is 2. The van der Waals surface area contributed by atoms with Crippen LogP contribution in [0.2, 0.25) is 0 Å². The van der Waals surface area contributed by atoms with Gasteiger partial charge in [-0.15, -0.1) is 0 Å². The predicted molar refractivity (Wildman–Crippen MR) is 53.5 cm³/mol. The lowest BCUT2D eigenvalue weighted by molar-refractivity contribution is 0.122. The molecule has 14 heavy (non-hydrogen) atoms. The molecule has 0 radical (unpaired) electrons. The van der Waals surface area contributed by atoms with Crippen LogP contribution in [0.5, 0.6) is 0 Å². The molecule has 2 N–H and O–H groups in total. The minimum atomic E-state index is 0.326. The maximum Gasteiger partial charge on any atom is 0.110 e. The van der Waals surface area contributed by atoms with Crippen LogP contribution in [0.4, 0.5) is 0 Å². The number of ether oxygens (including phenoxy) is 1. The largest absolute Gasteiger partial charge is 0.497 e. The number of aromatic amines is 1. The Morgan fingerprint density at radius 2 is 2.64 bits per heavy atom. The summed E-state index contributed by atoms with van der Waals surface area (Å²) in [5.74, 6) is 0. The zero-order chi connectivity index (χ0) is 9.64. The first kappa shape index (κ1) is 9.27. The van der Waals surface area contributed by atoms with Crippen molar-refractivity contribution in [3.05, 3.63) is 30.3 Å². The maximum absolute atomic E-state index is 5.43. The maximum atomic E-state index is 5.43. The molecule has 1 atom stereocenters. The van der Waals surface area contributed by atoms with Gasteiger partial charge in [0, 0.05) is 24.8 Å². The molecule has 1 unspecified atom stereocenters. The lowest BCUT2D eigenvalue weighted by Crippen LogP contribution is -2.28. The minimum absolute atomic E-state index is 0.326. The van der Waals surface area contributed by atoms with Crippen LogP contribution in [0.15, 0.2) is 24.7 Å². The normalized spacial score (nSPS) is 20.7. The second kappa shape index (κ2) is 4.81. The standard InChI is InChI=1S/C10H15N3O/c1-2-4-14-10(3-1)8-11-5-9-6-12-13-7-9/h2,4,6-7,10-11H,1,3,5,8H2,(H,12,13). The highest BCUT2D eigenvalue weighted by Gasteiger charge is 2.09. The van der Waals surface area contributed by atoms with Crippen molar-refractivity contribution in [2.75, 3.05) is 6.54 Å². The van der Waals surface area contributed by atoms with Crippen molar-refractivity contribution >= 4 is 0 Å². The van der Waals surface area contributed by atoms with E-state index in [2.05, 4.69) is 21.6 Å².